The molecule has 4 nitrogen and oxygen atoms in total. The molecule has 0 saturated carbocycles. The summed E-state index contributed by atoms with van der Waals surface area (Å²) in [5, 5.41) is 13.6. The van der Waals surface area contributed by atoms with Crippen LogP contribution in [0.15, 0.2) is 57.7 Å². The summed E-state index contributed by atoms with van der Waals surface area (Å²) in [6.45, 7) is 2.54. The van der Waals surface area contributed by atoms with E-state index in [1.807, 2.05) is 31.2 Å². The first-order chi connectivity index (χ1) is 10.1. The molecule has 0 spiro atoms. The second-order valence-electron chi connectivity index (χ2n) is 4.99. The second kappa shape index (κ2) is 5.32. The molecule has 0 aliphatic heterocycles. The van der Waals surface area contributed by atoms with Crippen LogP contribution in [0.4, 0.5) is 5.69 Å². The van der Waals surface area contributed by atoms with Gasteiger partial charge in [0.2, 0.25) is 0 Å². The molecule has 0 amide bonds. The van der Waals surface area contributed by atoms with Gasteiger partial charge in [-0.2, -0.15) is 0 Å². The molecule has 0 atom stereocenters. The van der Waals surface area contributed by atoms with Crippen molar-refractivity contribution in [1.82, 2.24) is 0 Å². The lowest BCUT2D eigenvalue weighted by Gasteiger charge is -2.09. The highest BCUT2D eigenvalue weighted by Gasteiger charge is 2.06. The lowest BCUT2D eigenvalue weighted by molar-refractivity contribution is 0.473. The molecule has 0 radical (unpaired) electrons. The first kappa shape index (κ1) is 13.2. The highest BCUT2D eigenvalue weighted by atomic mass is 16.4. The quantitative estimate of drug-likeness (QED) is 0.722. The van der Waals surface area contributed by atoms with Crippen LogP contribution in [0.3, 0.4) is 0 Å². The summed E-state index contributed by atoms with van der Waals surface area (Å²) in [4.78, 5) is 11.6. The van der Waals surface area contributed by atoms with Crippen LogP contribution in [0.5, 0.6) is 5.75 Å². The van der Waals surface area contributed by atoms with Crippen LogP contribution in [-0.4, -0.2) is 5.11 Å². The van der Waals surface area contributed by atoms with Gasteiger partial charge in [0.1, 0.15) is 11.3 Å². The molecule has 21 heavy (non-hydrogen) atoms. The highest BCUT2D eigenvalue weighted by molar-refractivity contribution is 5.81. The maximum Gasteiger partial charge on any atom is 0.336 e. The third-order valence-corrected chi connectivity index (χ3v) is 3.31. The minimum Gasteiger partial charge on any atom is -0.508 e. The molecule has 1 heterocycles. The smallest absolute Gasteiger partial charge is 0.336 e. The van der Waals surface area contributed by atoms with E-state index >= 15 is 0 Å². The molecule has 0 unspecified atom stereocenters. The fourth-order valence-electron chi connectivity index (χ4n) is 2.32. The maximum absolute atomic E-state index is 11.6. The Bertz CT molecular complexity index is 852. The first-order valence-electron chi connectivity index (χ1n) is 6.68. The van der Waals surface area contributed by atoms with Crippen LogP contribution < -0.4 is 10.9 Å². The Morgan fingerprint density at radius 2 is 2.00 bits per heavy atom. The zero-order chi connectivity index (χ0) is 14.8. The largest absolute Gasteiger partial charge is 0.508 e. The lowest BCUT2D eigenvalue weighted by atomic mass is 10.1. The second-order valence-corrected chi connectivity index (χ2v) is 4.99. The average molecular weight is 281 g/mol. The van der Waals surface area contributed by atoms with Crippen molar-refractivity contribution in [2.24, 2.45) is 0 Å². The summed E-state index contributed by atoms with van der Waals surface area (Å²) in [5.41, 5.74) is 2.97. The Morgan fingerprint density at radius 3 is 2.81 bits per heavy atom. The highest BCUT2D eigenvalue weighted by Crippen LogP contribution is 2.22. The van der Waals surface area contributed by atoms with E-state index in [0.29, 0.717) is 12.1 Å². The number of benzene rings is 2. The van der Waals surface area contributed by atoms with Gasteiger partial charge in [-0.05, 0) is 42.3 Å². The monoisotopic (exact) mass is 281 g/mol. The number of anilines is 1. The van der Waals surface area contributed by atoms with Crippen molar-refractivity contribution in [3.63, 3.8) is 0 Å². The fraction of sp³-hybridized carbons (Fsp3) is 0.118. The third-order valence-electron chi connectivity index (χ3n) is 3.31. The standard InChI is InChI=1S/C17H15NO3/c1-11-3-2-4-13(7-11)18-10-12-8-17(20)21-16-9-14(19)5-6-15(12)16/h2-9,18-19H,10H2,1H3. The van der Waals surface area contributed by atoms with E-state index in [4.69, 9.17) is 4.42 Å². The molecule has 0 aliphatic carbocycles. The summed E-state index contributed by atoms with van der Waals surface area (Å²) in [7, 11) is 0. The number of hydrogen-bond acceptors (Lipinski definition) is 4. The van der Waals surface area contributed by atoms with E-state index in [-0.39, 0.29) is 5.75 Å². The molecule has 0 fully saturated rings. The van der Waals surface area contributed by atoms with E-state index < -0.39 is 5.63 Å². The van der Waals surface area contributed by atoms with E-state index in [2.05, 4.69) is 5.32 Å². The zero-order valence-corrected chi connectivity index (χ0v) is 11.6. The van der Waals surface area contributed by atoms with Crippen molar-refractivity contribution in [3.05, 3.63) is 70.1 Å². The number of phenolic OH excluding ortho intramolecular Hbond substituents is 1. The van der Waals surface area contributed by atoms with Gasteiger partial charge in [-0.3, -0.25) is 0 Å². The Balaban J connectivity index is 1.95. The van der Waals surface area contributed by atoms with Gasteiger partial charge in [0, 0.05) is 29.8 Å². The number of hydrogen-bond donors (Lipinski definition) is 2. The summed E-state index contributed by atoms with van der Waals surface area (Å²) >= 11 is 0. The zero-order valence-electron chi connectivity index (χ0n) is 11.6. The van der Waals surface area contributed by atoms with Gasteiger partial charge in [0.05, 0.1) is 0 Å². The summed E-state index contributed by atoms with van der Waals surface area (Å²) in [6.07, 6.45) is 0. The third kappa shape index (κ3) is 2.89. The van der Waals surface area contributed by atoms with Gasteiger partial charge in [-0.25, -0.2) is 4.79 Å². The van der Waals surface area contributed by atoms with Crippen LogP contribution in [0.2, 0.25) is 0 Å². The van der Waals surface area contributed by atoms with E-state index in [1.54, 1.807) is 12.1 Å². The number of aromatic hydroxyl groups is 1. The fourth-order valence-corrected chi connectivity index (χ4v) is 2.32. The van der Waals surface area contributed by atoms with Crippen LogP contribution in [0, 0.1) is 6.92 Å². The Hall–Kier alpha value is -2.75. The molecular formula is C17H15NO3. The number of rotatable bonds is 3. The van der Waals surface area contributed by atoms with Crippen molar-refractivity contribution in [2.45, 2.75) is 13.5 Å². The van der Waals surface area contributed by atoms with E-state index in [1.165, 1.54) is 17.7 Å². The van der Waals surface area contributed by atoms with Gasteiger partial charge in [0.25, 0.3) is 0 Å². The van der Waals surface area contributed by atoms with E-state index in [0.717, 1.165) is 16.6 Å². The predicted molar refractivity (Wildman–Crippen MR) is 82.7 cm³/mol. The van der Waals surface area contributed by atoms with Gasteiger partial charge in [-0.1, -0.05) is 12.1 Å². The van der Waals surface area contributed by atoms with Crippen molar-refractivity contribution < 1.29 is 9.52 Å². The SMILES string of the molecule is Cc1cccc(NCc2cc(=O)oc3cc(O)ccc23)c1. The summed E-state index contributed by atoms with van der Waals surface area (Å²) < 4.78 is 5.11. The van der Waals surface area contributed by atoms with Crippen LogP contribution in [-0.2, 0) is 6.54 Å². The van der Waals surface area contributed by atoms with Crippen molar-refractivity contribution in [1.29, 1.82) is 0 Å². The van der Waals surface area contributed by atoms with Gasteiger partial charge in [0.15, 0.2) is 0 Å². The van der Waals surface area contributed by atoms with Crippen molar-refractivity contribution in [2.75, 3.05) is 5.32 Å². The van der Waals surface area contributed by atoms with Crippen molar-refractivity contribution >= 4 is 16.7 Å². The Kier molecular flexibility index (Phi) is 3.36. The molecule has 3 aromatic rings. The molecule has 2 aromatic carbocycles. The molecule has 4 heteroatoms. The van der Waals surface area contributed by atoms with Gasteiger partial charge < -0.3 is 14.8 Å². The minimum atomic E-state index is -0.422. The van der Waals surface area contributed by atoms with Crippen LogP contribution >= 0.6 is 0 Å². The predicted octanol–water partition coefficient (Wildman–Crippen LogP) is 3.42. The molecule has 0 aliphatic rings. The van der Waals surface area contributed by atoms with Gasteiger partial charge >= 0.3 is 5.63 Å². The van der Waals surface area contributed by atoms with Crippen LogP contribution in [0.25, 0.3) is 11.0 Å². The Morgan fingerprint density at radius 1 is 1.14 bits per heavy atom. The summed E-state index contributed by atoms with van der Waals surface area (Å²) in [6, 6.07) is 14.3. The normalized spacial score (nSPS) is 10.7. The molecule has 1 aromatic heterocycles. The topological polar surface area (TPSA) is 62.5 Å². The van der Waals surface area contributed by atoms with Crippen molar-refractivity contribution in [3.8, 4) is 5.75 Å². The number of phenols is 1. The molecule has 3 rings (SSSR count). The molecular weight excluding hydrogens is 266 g/mol. The van der Waals surface area contributed by atoms with Crippen LogP contribution in [0.1, 0.15) is 11.1 Å². The molecule has 0 saturated heterocycles. The van der Waals surface area contributed by atoms with Gasteiger partial charge in [-0.15, -0.1) is 0 Å². The molecule has 106 valence electrons. The maximum atomic E-state index is 11.6. The molecule has 0 bridgehead atoms. The number of nitrogens with one attached hydrogen (secondary N) is 1. The molecule has 2 N–H and O–H groups in total. The minimum absolute atomic E-state index is 0.0782. The Labute approximate surface area is 121 Å². The summed E-state index contributed by atoms with van der Waals surface area (Å²) in [5.74, 6) is 0.0782. The first-order valence-corrected chi connectivity index (χ1v) is 6.68. The van der Waals surface area contributed by atoms with E-state index in [9.17, 15) is 9.90 Å². The number of aryl methyl sites for hydroxylation is 1. The average Bonchev–Trinajstić information content (AvgIpc) is 2.44. The lowest BCUT2D eigenvalue weighted by Crippen LogP contribution is -2.05. The number of fused-ring (bicyclic) bond motifs is 1.